The number of carbonyl (C=O) groups is 2. The minimum atomic E-state index is -0.986. The van der Waals surface area contributed by atoms with Crippen molar-refractivity contribution in [3.05, 3.63) is 64.6 Å². The van der Waals surface area contributed by atoms with Crippen LogP contribution in [0, 0.1) is 5.92 Å². The molecule has 0 saturated heterocycles. The van der Waals surface area contributed by atoms with Gasteiger partial charge in [0, 0.05) is 4.47 Å². The number of ether oxygens (including phenoxy) is 2. The Hall–Kier alpha value is -2.14. The third-order valence-corrected chi connectivity index (χ3v) is 4.86. The first-order chi connectivity index (χ1) is 12.2. The highest BCUT2D eigenvalue weighted by atomic mass is 79.9. The van der Waals surface area contributed by atoms with Crippen molar-refractivity contribution in [2.24, 2.45) is 5.92 Å². The van der Waals surface area contributed by atoms with Gasteiger partial charge in [-0.25, -0.2) is 0 Å². The number of para-hydroxylation sites is 1. The molecule has 2 aromatic rings. The molecule has 0 N–H and O–H groups in total. The Morgan fingerprint density at radius 3 is 2.23 bits per heavy atom. The molecule has 5 heteroatoms. The summed E-state index contributed by atoms with van der Waals surface area (Å²) in [6.07, 6.45) is 0.384. The molecule has 2 atom stereocenters. The van der Waals surface area contributed by atoms with Gasteiger partial charge in [-0.1, -0.05) is 46.3 Å². The number of carbonyl (C=O) groups excluding carboxylic acids is 2. The van der Waals surface area contributed by atoms with E-state index in [1.807, 2.05) is 51.1 Å². The number of rotatable bonds is 4. The molecular formula is C21H21BrO4. The van der Waals surface area contributed by atoms with Crippen molar-refractivity contribution in [2.75, 3.05) is 0 Å². The van der Waals surface area contributed by atoms with Crippen molar-refractivity contribution in [1.29, 1.82) is 0 Å². The van der Waals surface area contributed by atoms with Gasteiger partial charge in [-0.15, -0.1) is 0 Å². The largest absolute Gasteiger partial charge is 0.459 e. The summed E-state index contributed by atoms with van der Waals surface area (Å²) < 4.78 is 12.0. The van der Waals surface area contributed by atoms with Gasteiger partial charge in [0.2, 0.25) is 0 Å². The standard InChI is InChI=1S/C21H21BrO4/c1-20(2,3)26-19(24)21(14-9-11-15(22)12-10-14)13-17(21)18(23)25-16-7-5-4-6-8-16/h4-12,17H,13H2,1-3H3/t17-,21-/m0/s1. The van der Waals surface area contributed by atoms with Crippen LogP contribution in [0.2, 0.25) is 0 Å². The molecule has 0 spiro atoms. The lowest BCUT2D eigenvalue weighted by molar-refractivity contribution is -0.160. The lowest BCUT2D eigenvalue weighted by Crippen LogP contribution is -2.35. The van der Waals surface area contributed by atoms with Gasteiger partial charge in [0.05, 0.1) is 5.92 Å². The highest BCUT2D eigenvalue weighted by Crippen LogP contribution is 2.56. The average molecular weight is 417 g/mol. The van der Waals surface area contributed by atoms with E-state index >= 15 is 0 Å². The third-order valence-electron chi connectivity index (χ3n) is 4.33. The van der Waals surface area contributed by atoms with E-state index in [1.165, 1.54) is 0 Å². The third kappa shape index (κ3) is 3.83. The van der Waals surface area contributed by atoms with Crippen LogP contribution in [0.1, 0.15) is 32.8 Å². The van der Waals surface area contributed by atoms with Crippen LogP contribution < -0.4 is 4.74 Å². The molecule has 3 rings (SSSR count). The molecule has 0 aliphatic heterocycles. The fourth-order valence-corrected chi connectivity index (χ4v) is 3.27. The van der Waals surface area contributed by atoms with Crippen LogP contribution in [0.5, 0.6) is 5.75 Å². The smallest absolute Gasteiger partial charge is 0.317 e. The Morgan fingerprint density at radius 1 is 1.04 bits per heavy atom. The van der Waals surface area contributed by atoms with E-state index in [2.05, 4.69) is 15.9 Å². The molecule has 0 bridgehead atoms. The first-order valence-corrected chi connectivity index (χ1v) is 9.28. The summed E-state index contributed by atoms with van der Waals surface area (Å²) in [4.78, 5) is 25.6. The van der Waals surface area contributed by atoms with Crippen molar-refractivity contribution in [2.45, 2.75) is 38.2 Å². The van der Waals surface area contributed by atoms with Gasteiger partial charge < -0.3 is 9.47 Å². The highest BCUT2D eigenvalue weighted by molar-refractivity contribution is 9.10. The summed E-state index contributed by atoms with van der Waals surface area (Å²) in [5, 5.41) is 0. The Morgan fingerprint density at radius 2 is 1.65 bits per heavy atom. The second-order valence-electron chi connectivity index (χ2n) is 7.47. The molecule has 1 fully saturated rings. The predicted molar refractivity (Wildman–Crippen MR) is 102 cm³/mol. The molecule has 4 nitrogen and oxygen atoms in total. The van der Waals surface area contributed by atoms with Crippen LogP contribution >= 0.6 is 15.9 Å². The maximum atomic E-state index is 13.0. The number of hydrogen-bond donors (Lipinski definition) is 0. The second-order valence-corrected chi connectivity index (χ2v) is 8.39. The predicted octanol–water partition coefficient (Wildman–Crippen LogP) is 4.65. The monoisotopic (exact) mass is 416 g/mol. The molecule has 0 unspecified atom stereocenters. The van der Waals surface area contributed by atoms with E-state index in [1.54, 1.807) is 24.3 Å². The zero-order valence-electron chi connectivity index (χ0n) is 15.0. The normalized spacial score (nSPS) is 21.8. The number of halogens is 1. The van der Waals surface area contributed by atoms with Crippen molar-refractivity contribution >= 4 is 27.9 Å². The number of benzene rings is 2. The number of esters is 2. The van der Waals surface area contributed by atoms with E-state index < -0.39 is 22.9 Å². The van der Waals surface area contributed by atoms with Gasteiger partial charge in [0.25, 0.3) is 0 Å². The Labute approximate surface area is 161 Å². The van der Waals surface area contributed by atoms with Gasteiger partial charge in [-0.05, 0) is 57.0 Å². The fraction of sp³-hybridized carbons (Fsp3) is 0.333. The van der Waals surface area contributed by atoms with Crippen molar-refractivity contribution in [3.8, 4) is 5.75 Å². The first kappa shape index (κ1) is 18.6. The lowest BCUT2D eigenvalue weighted by Gasteiger charge is -2.24. The molecule has 1 aliphatic carbocycles. The molecule has 0 aromatic heterocycles. The van der Waals surface area contributed by atoms with E-state index in [9.17, 15) is 9.59 Å². The molecule has 0 amide bonds. The topological polar surface area (TPSA) is 52.6 Å². The minimum Gasteiger partial charge on any atom is -0.459 e. The molecule has 26 heavy (non-hydrogen) atoms. The van der Waals surface area contributed by atoms with E-state index in [0.717, 1.165) is 10.0 Å². The van der Waals surface area contributed by atoms with Crippen LogP contribution in [-0.4, -0.2) is 17.5 Å². The SMILES string of the molecule is CC(C)(C)OC(=O)[C@]1(c2ccc(Br)cc2)C[C@H]1C(=O)Oc1ccccc1. The summed E-state index contributed by atoms with van der Waals surface area (Å²) in [5.74, 6) is -0.885. The number of hydrogen-bond acceptors (Lipinski definition) is 4. The lowest BCUT2D eigenvalue weighted by atomic mass is 9.93. The summed E-state index contributed by atoms with van der Waals surface area (Å²) in [6.45, 7) is 5.46. The summed E-state index contributed by atoms with van der Waals surface area (Å²) >= 11 is 3.40. The van der Waals surface area contributed by atoms with Crippen LogP contribution in [0.25, 0.3) is 0 Å². The van der Waals surface area contributed by atoms with Crippen LogP contribution in [0.3, 0.4) is 0 Å². The molecule has 0 heterocycles. The van der Waals surface area contributed by atoms with E-state index in [-0.39, 0.29) is 5.97 Å². The Bertz CT molecular complexity index is 808. The van der Waals surface area contributed by atoms with Gasteiger partial charge in [-0.2, -0.15) is 0 Å². The van der Waals surface area contributed by atoms with Crippen molar-refractivity contribution < 1.29 is 19.1 Å². The second kappa shape index (κ2) is 6.88. The Balaban J connectivity index is 1.87. The van der Waals surface area contributed by atoms with Gasteiger partial charge in [-0.3, -0.25) is 9.59 Å². The van der Waals surface area contributed by atoms with Gasteiger partial charge in [0.15, 0.2) is 0 Å². The summed E-state index contributed by atoms with van der Waals surface area (Å²) in [7, 11) is 0. The van der Waals surface area contributed by atoms with Crippen molar-refractivity contribution in [3.63, 3.8) is 0 Å². The zero-order valence-corrected chi connectivity index (χ0v) is 16.6. The zero-order chi connectivity index (χ0) is 18.9. The molecule has 2 aromatic carbocycles. The maximum absolute atomic E-state index is 13.0. The minimum absolute atomic E-state index is 0.384. The summed E-state index contributed by atoms with van der Waals surface area (Å²) in [6, 6.07) is 16.3. The molecule has 1 saturated carbocycles. The molecule has 136 valence electrons. The molecule has 1 aliphatic rings. The Kier molecular flexibility index (Phi) is 4.93. The maximum Gasteiger partial charge on any atom is 0.317 e. The average Bonchev–Trinajstić information content (AvgIpc) is 3.32. The molecular weight excluding hydrogens is 396 g/mol. The highest BCUT2D eigenvalue weighted by Gasteiger charge is 2.67. The van der Waals surface area contributed by atoms with E-state index in [0.29, 0.717) is 12.2 Å². The van der Waals surface area contributed by atoms with Crippen molar-refractivity contribution in [1.82, 2.24) is 0 Å². The van der Waals surface area contributed by atoms with Crippen LogP contribution in [-0.2, 0) is 19.7 Å². The van der Waals surface area contributed by atoms with E-state index in [4.69, 9.17) is 9.47 Å². The quantitative estimate of drug-likeness (QED) is 0.537. The molecule has 0 radical (unpaired) electrons. The van der Waals surface area contributed by atoms with Crippen LogP contribution in [0.15, 0.2) is 59.1 Å². The van der Waals surface area contributed by atoms with Gasteiger partial charge in [0.1, 0.15) is 16.8 Å². The fourth-order valence-electron chi connectivity index (χ4n) is 3.00. The summed E-state index contributed by atoms with van der Waals surface area (Å²) in [5.41, 5.74) is -0.847. The van der Waals surface area contributed by atoms with Gasteiger partial charge >= 0.3 is 11.9 Å². The first-order valence-electron chi connectivity index (χ1n) is 8.48. The van der Waals surface area contributed by atoms with Crippen LogP contribution in [0.4, 0.5) is 0 Å².